The van der Waals surface area contributed by atoms with Crippen LogP contribution in [0.5, 0.6) is 6.01 Å². The van der Waals surface area contributed by atoms with Crippen molar-refractivity contribution in [3.05, 3.63) is 28.4 Å². The smallest absolute Gasteiger partial charge is 0.399 e. The fourth-order valence-corrected chi connectivity index (χ4v) is 3.70. The summed E-state index contributed by atoms with van der Waals surface area (Å²) in [6, 6.07) is 1.80. The van der Waals surface area contributed by atoms with Crippen molar-refractivity contribution in [2.24, 2.45) is 5.14 Å². The second kappa shape index (κ2) is 7.41. The molecule has 0 aliphatic heterocycles. The SMILES string of the molecule is NS(=O)(=O)CCCOc1ncc2cc(Br)c(C(F)(F)P(=O)(O)O)cc2n1. The van der Waals surface area contributed by atoms with Crippen molar-refractivity contribution in [1.29, 1.82) is 0 Å². The van der Waals surface area contributed by atoms with Crippen LogP contribution in [0.2, 0.25) is 0 Å². The summed E-state index contributed by atoms with van der Waals surface area (Å²) >= 11 is 2.86. The Morgan fingerprint density at radius 1 is 1.35 bits per heavy atom. The maximum absolute atomic E-state index is 14.0. The van der Waals surface area contributed by atoms with Crippen LogP contribution in [0.1, 0.15) is 12.0 Å². The quantitative estimate of drug-likeness (QED) is 0.403. The van der Waals surface area contributed by atoms with Gasteiger partial charge in [0.2, 0.25) is 10.0 Å². The average molecular weight is 476 g/mol. The number of hydrogen-bond acceptors (Lipinski definition) is 6. The molecule has 0 bridgehead atoms. The Hall–Kier alpha value is -1.24. The molecule has 0 unspecified atom stereocenters. The molecule has 14 heteroatoms. The average Bonchev–Trinajstić information content (AvgIpc) is 2.49. The summed E-state index contributed by atoms with van der Waals surface area (Å²) < 4.78 is 65.6. The van der Waals surface area contributed by atoms with Gasteiger partial charge in [0.25, 0.3) is 0 Å². The van der Waals surface area contributed by atoms with Crippen molar-refractivity contribution >= 4 is 44.5 Å². The topological polar surface area (TPSA) is 153 Å². The van der Waals surface area contributed by atoms with Crippen LogP contribution < -0.4 is 9.88 Å². The Balaban J connectivity index is 2.31. The Kier molecular flexibility index (Phi) is 6.00. The summed E-state index contributed by atoms with van der Waals surface area (Å²) in [5, 5.41) is 5.16. The van der Waals surface area contributed by atoms with Crippen LogP contribution >= 0.6 is 23.5 Å². The van der Waals surface area contributed by atoms with Crippen LogP contribution in [0, 0.1) is 0 Å². The van der Waals surface area contributed by atoms with E-state index in [0.717, 1.165) is 6.07 Å². The van der Waals surface area contributed by atoms with E-state index in [9.17, 15) is 21.8 Å². The second-order valence-corrected chi connectivity index (χ2v) is 9.44. The number of nitrogens with two attached hydrogens (primary N) is 1. The van der Waals surface area contributed by atoms with E-state index in [1.807, 2.05) is 0 Å². The first kappa shape index (κ1) is 21.1. The zero-order valence-corrected chi connectivity index (χ0v) is 16.1. The largest absolute Gasteiger partial charge is 0.463 e. The summed E-state index contributed by atoms with van der Waals surface area (Å²) in [5.74, 6) is -0.313. The van der Waals surface area contributed by atoms with Gasteiger partial charge in [0.1, 0.15) is 0 Å². The van der Waals surface area contributed by atoms with E-state index in [-0.39, 0.29) is 34.8 Å². The predicted molar refractivity (Wildman–Crippen MR) is 91.3 cm³/mol. The lowest BCUT2D eigenvalue weighted by Crippen LogP contribution is -2.18. The molecule has 4 N–H and O–H groups in total. The van der Waals surface area contributed by atoms with Crippen molar-refractivity contribution in [3.63, 3.8) is 0 Å². The third-order valence-corrected chi connectivity index (χ3v) is 5.63. The molecule has 0 atom stereocenters. The summed E-state index contributed by atoms with van der Waals surface area (Å²) in [6.07, 6.45) is 1.34. The highest BCUT2D eigenvalue weighted by molar-refractivity contribution is 9.10. The number of ether oxygens (including phenoxy) is 1. The number of fused-ring (bicyclic) bond motifs is 1. The molecular formula is C12H13BrF2N3O6PS. The monoisotopic (exact) mass is 475 g/mol. The van der Waals surface area contributed by atoms with Gasteiger partial charge in [0, 0.05) is 21.6 Å². The van der Waals surface area contributed by atoms with Crippen molar-refractivity contribution in [3.8, 4) is 6.01 Å². The normalized spacial score (nSPS) is 13.2. The first-order chi connectivity index (χ1) is 11.8. The molecule has 0 saturated carbocycles. The highest BCUT2D eigenvalue weighted by Crippen LogP contribution is 2.60. The molecule has 144 valence electrons. The standard InChI is InChI=1S/C12H13BrF2N3O6PS/c13-9-4-7-6-17-11(24-2-1-3-26(16,22)23)18-10(7)5-8(9)12(14,15)25(19,20)21/h4-6H,1-3H2,(H2,16,22,23)(H2,19,20,21). The van der Waals surface area contributed by atoms with E-state index in [2.05, 4.69) is 25.9 Å². The number of aromatic nitrogens is 2. The Morgan fingerprint density at radius 3 is 2.58 bits per heavy atom. The fourth-order valence-electron chi connectivity index (χ4n) is 1.91. The highest BCUT2D eigenvalue weighted by Gasteiger charge is 2.51. The van der Waals surface area contributed by atoms with E-state index in [4.69, 9.17) is 19.7 Å². The van der Waals surface area contributed by atoms with Crippen LogP contribution in [-0.2, 0) is 20.3 Å². The molecule has 2 rings (SSSR count). The van der Waals surface area contributed by atoms with Crippen LogP contribution in [-0.4, -0.2) is 40.5 Å². The Labute approximate surface area is 154 Å². The summed E-state index contributed by atoms with van der Waals surface area (Å²) in [6.45, 7) is -0.0794. The first-order valence-corrected chi connectivity index (χ1v) is 11.0. The van der Waals surface area contributed by atoms with Gasteiger partial charge in [0.15, 0.2) is 0 Å². The van der Waals surface area contributed by atoms with Gasteiger partial charge in [-0.3, -0.25) is 4.57 Å². The summed E-state index contributed by atoms with van der Waals surface area (Å²) in [5.41, 5.74) is -5.38. The number of rotatable bonds is 7. The molecular weight excluding hydrogens is 463 g/mol. The Bertz CT molecular complexity index is 984. The zero-order valence-electron chi connectivity index (χ0n) is 12.8. The molecule has 0 radical (unpaired) electrons. The molecule has 0 fully saturated rings. The molecule has 1 heterocycles. The molecule has 1 aromatic carbocycles. The molecule has 0 spiro atoms. The minimum atomic E-state index is -5.75. The van der Waals surface area contributed by atoms with Gasteiger partial charge in [0.05, 0.1) is 17.9 Å². The number of primary sulfonamides is 1. The minimum Gasteiger partial charge on any atom is -0.463 e. The molecule has 0 saturated heterocycles. The summed E-state index contributed by atoms with van der Waals surface area (Å²) in [7, 11) is -9.39. The van der Waals surface area contributed by atoms with Crippen LogP contribution in [0.4, 0.5) is 8.78 Å². The molecule has 0 amide bonds. The third-order valence-electron chi connectivity index (χ3n) is 3.14. The predicted octanol–water partition coefficient (Wildman–Crippen LogP) is 1.68. The molecule has 1 aromatic heterocycles. The number of alkyl halides is 2. The van der Waals surface area contributed by atoms with Crippen molar-refractivity contribution in [2.45, 2.75) is 12.1 Å². The van der Waals surface area contributed by atoms with Gasteiger partial charge in [-0.2, -0.15) is 13.8 Å². The summed E-state index contributed by atoms with van der Waals surface area (Å²) in [4.78, 5) is 25.5. The van der Waals surface area contributed by atoms with E-state index in [0.29, 0.717) is 5.39 Å². The molecule has 0 aliphatic rings. The lowest BCUT2D eigenvalue weighted by molar-refractivity contribution is 0.0558. The van der Waals surface area contributed by atoms with Crippen molar-refractivity contribution in [2.75, 3.05) is 12.4 Å². The van der Waals surface area contributed by atoms with Crippen LogP contribution in [0.15, 0.2) is 22.8 Å². The van der Waals surface area contributed by atoms with Gasteiger partial charge in [-0.1, -0.05) is 15.9 Å². The lowest BCUT2D eigenvalue weighted by atomic mass is 10.1. The third kappa shape index (κ3) is 4.93. The lowest BCUT2D eigenvalue weighted by Gasteiger charge is -2.19. The number of nitrogens with zero attached hydrogens (tertiary/aromatic N) is 2. The number of halogens is 3. The van der Waals surface area contributed by atoms with Gasteiger partial charge in [-0.05, 0) is 18.6 Å². The van der Waals surface area contributed by atoms with Crippen LogP contribution in [0.3, 0.4) is 0 Å². The van der Waals surface area contributed by atoms with Gasteiger partial charge in [-0.25, -0.2) is 18.5 Å². The maximum Gasteiger partial charge on any atom is 0.399 e. The number of benzene rings is 1. The molecule has 0 aliphatic carbocycles. The highest BCUT2D eigenvalue weighted by atomic mass is 79.9. The fraction of sp³-hybridized carbons (Fsp3) is 0.333. The first-order valence-electron chi connectivity index (χ1n) is 6.85. The van der Waals surface area contributed by atoms with E-state index < -0.39 is 28.8 Å². The van der Waals surface area contributed by atoms with E-state index in [1.165, 1.54) is 12.3 Å². The zero-order chi connectivity index (χ0) is 19.8. The van der Waals surface area contributed by atoms with E-state index >= 15 is 0 Å². The van der Waals surface area contributed by atoms with Gasteiger partial charge < -0.3 is 14.5 Å². The number of sulfonamides is 1. The van der Waals surface area contributed by atoms with E-state index in [1.54, 1.807) is 0 Å². The maximum atomic E-state index is 14.0. The minimum absolute atomic E-state index is 0.0345. The van der Waals surface area contributed by atoms with Crippen molar-refractivity contribution < 1.29 is 36.3 Å². The van der Waals surface area contributed by atoms with Crippen molar-refractivity contribution in [1.82, 2.24) is 9.97 Å². The second-order valence-electron chi connectivity index (χ2n) is 5.20. The molecule has 26 heavy (non-hydrogen) atoms. The Morgan fingerprint density at radius 2 is 2.00 bits per heavy atom. The number of hydrogen-bond donors (Lipinski definition) is 3. The van der Waals surface area contributed by atoms with Gasteiger partial charge in [-0.15, -0.1) is 0 Å². The van der Waals surface area contributed by atoms with Gasteiger partial charge >= 0.3 is 19.3 Å². The molecule has 9 nitrogen and oxygen atoms in total. The van der Waals surface area contributed by atoms with Crippen LogP contribution in [0.25, 0.3) is 10.9 Å². The molecule has 2 aromatic rings.